The first-order valence-electron chi connectivity index (χ1n) is 9.98. The molecule has 0 unspecified atom stereocenters. The predicted octanol–water partition coefficient (Wildman–Crippen LogP) is 3.60. The van der Waals surface area contributed by atoms with Crippen LogP contribution in [0.2, 0.25) is 18.1 Å². The molecule has 2 rings (SSSR count). The van der Waals surface area contributed by atoms with Crippen LogP contribution in [-0.4, -0.2) is 56.6 Å². The first-order valence-corrected chi connectivity index (χ1v) is 12.9. The molecule has 0 aromatic rings. The van der Waals surface area contributed by atoms with Crippen LogP contribution in [0.15, 0.2) is 0 Å². The van der Waals surface area contributed by atoms with E-state index in [1.165, 1.54) is 0 Å². The lowest BCUT2D eigenvalue weighted by Crippen LogP contribution is -2.47. The molecule has 2 aliphatic heterocycles. The van der Waals surface area contributed by atoms with Gasteiger partial charge in [-0.25, -0.2) is 0 Å². The van der Waals surface area contributed by atoms with E-state index in [0.29, 0.717) is 6.61 Å². The minimum atomic E-state index is -1.87. The van der Waals surface area contributed by atoms with Crippen LogP contribution < -0.4 is 5.32 Å². The molecule has 2 saturated heterocycles. The quantitative estimate of drug-likeness (QED) is 0.561. The van der Waals surface area contributed by atoms with Gasteiger partial charge in [-0.2, -0.15) is 0 Å². The Labute approximate surface area is 165 Å². The maximum absolute atomic E-state index is 12.3. The molecular weight excluding hydrogens is 362 g/mol. The highest BCUT2D eigenvalue weighted by Gasteiger charge is 2.54. The monoisotopic (exact) mass is 401 g/mol. The first kappa shape index (κ1) is 22.8. The smallest absolute Gasteiger partial charge is 0.307 e. The molecule has 27 heavy (non-hydrogen) atoms. The highest BCUT2D eigenvalue weighted by molar-refractivity contribution is 6.74. The van der Waals surface area contributed by atoms with E-state index >= 15 is 0 Å². The molecule has 0 aromatic heterocycles. The van der Waals surface area contributed by atoms with Gasteiger partial charge in [-0.3, -0.25) is 4.79 Å². The summed E-state index contributed by atoms with van der Waals surface area (Å²) in [6.07, 6.45) is -0.0492. The molecule has 0 bridgehead atoms. The Bertz CT molecular complexity index is 550. The third kappa shape index (κ3) is 5.76. The van der Waals surface area contributed by atoms with Crippen molar-refractivity contribution in [1.82, 2.24) is 5.32 Å². The van der Waals surface area contributed by atoms with Crippen LogP contribution in [0.25, 0.3) is 0 Å². The largest absolute Gasteiger partial charge is 0.460 e. The van der Waals surface area contributed by atoms with Crippen molar-refractivity contribution < 1.29 is 23.4 Å². The fourth-order valence-electron chi connectivity index (χ4n) is 3.30. The molecule has 6 nitrogen and oxygen atoms in total. The van der Waals surface area contributed by atoms with Crippen LogP contribution in [0.4, 0.5) is 0 Å². The highest BCUT2D eigenvalue weighted by atomic mass is 28.4. The van der Waals surface area contributed by atoms with E-state index in [1.807, 2.05) is 34.6 Å². The SMILES string of the molecule is CC(C)(C)OC(=O)C[C@@H]1N[C@H](CO[Si](C)(C)C(C)(C)C)[C@H]2OC(C)(C)O[C@H]21. The molecule has 7 heteroatoms. The third-order valence-electron chi connectivity index (χ3n) is 5.62. The average Bonchev–Trinajstić information content (AvgIpc) is 2.88. The van der Waals surface area contributed by atoms with E-state index in [2.05, 4.69) is 39.2 Å². The number of hydrogen-bond donors (Lipinski definition) is 1. The van der Waals surface area contributed by atoms with Crippen molar-refractivity contribution in [3.05, 3.63) is 0 Å². The van der Waals surface area contributed by atoms with Gasteiger partial charge >= 0.3 is 5.97 Å². The van der Waals surface area contributed by atoms with Gasteiger partial charge in [0.15, 0.2) is 14.1 Å². The van der Waals surface area contributed by atoms with Gasteiger partial charge in [0.05, 0.1) is 19.1 Å². The second-order valence-corrected chi connectivity index (χ2v) is 15.6. The third-order valence-corrected chi connectivity index (χ3v) is 10.1. The zero-order valence-corrected chi connectivity index (χ0v) is 19.8. The zero-order valence-electron chi connectivity index (χ0n) is 18.8. The van der Waals surface area contributed by atoms with Gasteiger partial charge in [0.25, 0.3) is 0 Å². The van der Waals surface area contributed by atoms with Crippen molar-refractivity contribution in [2.45, 2.75) is 116 Å². The van der Waals surface area contributed by atoms with Crippen LogP contribution >= 0.6 is 0 Å². The molecular formula is C20H39NO5Si. The standard InChI is InChI=1S/C20H39NO5Si/c1-18(2,3)24-15(22)11-13-16-17(26-20(7,8)25-16)14(21-13)12-23-27(9,10)19(4,5)6/h13-14,16-17,21H,11-12H2,1-10H3/t13-,14+,16-,17+/m0/s1. The second kappa shape index (κ2) is 7.41. The molecule has 4 atom stereocenters. The number of rotatable bonds is 5. The Morgan fingerprint density at radius 1 is 1.04 bits per heavy atom. The number of fused-ring (bicyclic) bond motifs is 1. The number of carbonyl (C=O) groups is 1. The van der Waals surface area contributed by atoms with Crippen LogP contribution in [-0.2, 0) is 23.4 Å². The average molecular weight is 402 g/mol. The maximum Gasteiger partial charge on any atom is 0.307 e. The summed E-state index contributed by atoms with van der Waals surface area (Å²) in [6.45, 7) is 21.2. The molecule has 0 amide bonds. The summed E-state index contributed by atoms with van der Waals surface area (Å²) >= 11 is 0. The minimum Gasteiger partial charge on any atom is -0.460 e. The van der Waals surface area contributed by atoms with Crippen molar-refractivity contribution in [2.24, 2.45) is 0 Å². The summed E-state index contributed by atoms with van der Waals surface area (Å²) < 4.78 is 24.2. The van der Waals surface area contributed by atoms with Crippen molar-refractivity contribution in [3.8, 4) is 0 Å². The van der Waals surface area contributed by atoms with Gasteiger partial charge < -0.3 is 24.0 Å². The van der Waals surface area contributed by atoms with Gasteiger partial charge in [-0.15, -0.1) is 0 Å². The molecule has 2 aliphatic rings. The molecule has 2 fully saturated rings. The lowest BCUT2D eigenvalue weighted by atomic mass is 10.1. The topological polar surface area (TPSA) is 66.0 Å². The van der Waals surface area contributed by atoms with Gasteiger partial charge in [0, 0.05) is 6.04 Å². The van der Waals surface area contributed by atoms with Crippen molar-refractivity contribution in [3.63, 3.8) is 0 Å². The number of carbonyl (C=O) groups excluding carboxylic acids is 1. The van der Waals surface area contributed by atoms with Crippen LogP contribution in [0.1, 0.15) is 61.8 Å². The Kier molecular flexibility index (Phi) is 6.26. The Morgan fingerprint density at radius 3 is 2.04 bits per heavy atom. The summed E-state index contributed by atoms with van der Waals surface area (Å²) in [6, 6.07) is -0.141. The summed E-state index contributed by atoms with van der Waals surface area (Å²) in [4.78, 5) is 12.3. The molecule has 0 aliphatic carbocycles. The van der Waals surface area contributed by atoms with E-state index in [0.717, 1.165) is 0 Å². The summed E-state index contributed by atoms with van der Waals surface area (Å²) in [5, 5.41) is 3.66. The lowest BCUT2D eigenvalue weighted by Gasteiger charge is -2.37. The molecule has 1 N–H and O–H groups in total. The molecule has 158 valence electrons. The van der Waals surface area contributed by atoms with E-state index < -0.39 is 19.7 Å². The van der Waals surface area contributed by atoms with Gasteiger partial charge in [-0.05, 0) is 52.8 Å². The van der Waals surface area contributed by atoms with Crippen LogP contribution in [0, 0.1) is 0 Å². The van der Waals surface area contributed by atoms with E-state index in [-0.39, 0.29) is 41.7 Å². The van der Waals surface area contributed by atoms with E-state index in [9.17, 15) is 4.79 Å². The molecule has 0 spiro atoms. The molecule has 2 heterocycles. The first-order chi connectivity index (χ1) is 12.0. The Balaban J connectivity index is 2.06. The number of nitrogens with one attached hydrogen (secondary N) is 1. The predicted molar refractivity (Wildman–Crippen MR) is 108 cm³/mol. The highest BCUT2D eigenvalue weighted by Crippen LogP contribution is 2.39. The molecule has 0 radical (unpaired) electrons. The van der Waals surface area contributed by atoms with Crippen LogP contribution in [0.3, 0.4) is 0 Å². The van der Waals surface area contributed by atoms with Crippen LogP contribution in [0.5, 0.6) is 0 Å². The minimum absolute atomic E-state index is 0.00154. The Hall–Kier alpha value is -0.473. The van der Waals surface area contributed by atoms with Gasteiger partial charge in [0.1, 0.15) is 17.8 Å². The van der Waals surface area contributed by atoms with Crippen molar-refractivity contribution in [1.29, 1.82) is 0 Å². The molecule has 0 saturated carbocycles. The van der Waals surface area contributed by atoms with Gasteiger partial charge in [-0.1, -0.05) is 20.8 Å². The van der Waals surface area contributed by atoms with E-state index in [4.69, 9.17) is 18.6 Å². The van der Waals surface area contributed by atoms with E-state index in [1.54, 1.807) is 0 Å². The fourth-order valence-corrected chi connectivity index (χ4v) is 4.33. The zero-order chi connectivity index (χ0) is 20.8. The number of hydrogen-bond acceptors (Lipinski definition) is 6. The summed E-state index contributed by atoms with van der Waals surface area (Å²) in [5.74, 6) is -0.878. The van der Waals surface area contributed by atoms with Gasteiger partial charge in [0.2, 0.25) is 0 Å². The van der Waals surface area contributed by atoms with Crippen molar-refractivity contribution >= 4 is 14.3 Å². The summed E-state index contributed by atoms with van der Waals surface area (Å²) in [5.41, 5.74) is -0.494. The molecule has 0 aromatic carbocycles. The Morgan fingerprint density at radius 2 is 1.56 bits per heavy atom. The number of esters is 1. The lowest BCUT2D eigenvalue weighted by molar-refractivity contribution is -0.164. The summed E-state index contributed by atoms with van der Waals surface area (Å²) in [7, 11) is -1.87. The second-order valence-electron chi connectivity index (χ2n) is 10.8. The van der Waals surface area contributed by atoms with Crippen molar-refractivity contribution in [2.75, 3.05) is 6.61 Å². The normalized spacial score (nSPS) is 31.0. The number of ether oxygens (including phenoxy) is 3. The maximum atomic E-state index is 12.3. The fraction of sp³-hybridized carbons (Fsp3) is 0.950.